The molecule has 0 atom stereocenters. The molecule has 0 bridgehead atoms. The highest BCUT2D eigenvalue weighted by atomic mass is 35.5. The quantitative estimate of drug-likeness (QED) is 0.481. The van der Waals surface area contributed by atoms with Crippen molar-refractivity contribution in [2.75, 3.05) is 0 Å². The van der Waals surface area contributed by atoms with Crippen LogP contribution in [-0.2, 0) is 6.54 Å². The Hall–Kier alpha value is -4.29. The van der Waals surface area contributed by atoms with E-state index in [1.807, 2.05) is 6.07 Å². The summed E-state index contributed by atoms with van der Waals surface area (Å²) >= 11 is 6.01. The molecule has 0 radical (unpaired) electrons. The number of halogens is 2. The van der Waals surface area contributed by atoms with E-state index in [0.29, 0.717) is 17.0 Å². The summed E-state index contributed by atoms with van der Waals surface area (Å²) in [5.41, 5.74) is 0.861. The van der Waals surface area contributed by atoms with Gasteiger partial charge >= 0.3 is 0 Å². The van der Waals surface area contributed by atoms with Crippen molar-refractivity contribution >= 4 is 11.6 Å². The van der Waals surface area contributed by atoms with Gasteiger partial charge in [0.1, 0.15) is 11.6 Å². The van der Waals surface area contributed by atoms with E-state index >= 15 is 0 Å². The van der Waals surface area contributed by atoms with Crippen LogP contribution in [0.2, 0.25) is 5.02 Å². The third-order valence-electron chi connectivity index (χ3n) is 4.74. The van der Waals surface area contributed by atoms with Gasteiger partial charge in [-0.15, -0.1) is 0 Å². The van der Waals surface area contributed by atoms with Crippen LogP contribution in [-0.4, -0.2) is 19.7 Å². The Morgan fingerprint density at radius 3 is 2.67 bits per heavy atom. The summed E-state index contributed by atoms with van der Waals surface area (Å²) in [5.74, 6) is -0.234. The first-order valence-electron chi connectivity index (χ1n) is 9.63. The van der Waals surface area contributed by atoms with Crippen molar-refractivity contribution < 1.29 is 9.13 Å². The van der Waals surface area contributed by atoms with E-state index < -0.39 is 16.9 Å². The van der Waals surface area contributed by atoms with Gasteiger partial charge in [-0.3, -0.25) is 14.2 Å². The van der Waals surface area contributed by atoms with Crippen LogP contribution in [0.25, 0.3) is 11.1 Å². The van der Waals surface area contributed by atoms with E-state index in [9.17, 15) is 14.0 Å². The topological polar surface area (TPSA) is 114 Å². The predicted octanol–water partition coefficient (Wildman–Crippen LogP) is 3.81. The second-order valence-electron chi connectivity index (χ2n) is 7.09. The van der Waals surface area contributed by atoms with Crippen LogP contribution in [0.3, 0.4) is 0 Å². The maximum atomic E-state index is 13.2. The fourth-order valence-corrected chi connectivity index (χ4v) is 3.36. The Morgan fingerprint density at radius 1 is 1.18 bits per heavy atom. The summed E-state index contributed by atoms with van der Waals surface area (Å²) < 4.78 is 20.2. The molecule has 0 aliphatic carbocycles. The molecule has 0 saturated heterocycles. The fraction of sp³-hybridized carbons (Fsp3) is 0.0870. The van der Waals surface area contributed by atoms with Crippen LogP contribution in [0.1, 0.15) is 17.0 Å². The summed E-state index contributed by atoms with van der Waals surface area (Å²) in [5, 5.41) is 15.8. The first kappa shape index (κ1) is 21.9. The van der Waals surface area contributed by atoms with Crippen molar-refractivity contribution in [1.29, 1.82) is 5.26 Å². The number of ether oxygens (including phenoxy) is 1. The predicted molar refractivity (Wildman–Crippen MR) is 119 cm³/mol. The van der Waals surface area contributed by atoms with Crippen molar-refractivity contribution in [3.63, 3.8) is 0 Å². The smallest absolute Gasteiger partial charge is 0.296 e. The minimum absolute atomic E-state index is 0.00750. The zero-order valence-electron chi connectivity index (χ0n) is 17.2. The molecule has 0 aliphatic rings. The summed E-state index contributed by atoms with van der Waals surface area (Å²) in [6, 6.07) is 13.4. The highest BCUT2D eigenvalue weighted by Crippen LogP contribution is 2.25. The Bertz CT molecular complexity index is 1510. The van der Waals surface area contributed by atoms with E-state index in [1.54, 1.807) is 6.92 Å². The summed E-state index contributed by atoms with van der Waals surface area (Å²) in [4.78, 5) is 29.5. The van der Waals surface area contributed by atoms with Crippen LogP contribution in [0.5, 0.6) is 11.5 Å². The second kappa shape index (κ2) is 9.06. The average Bonchev–Trinajstić information content (AvgIpc) is 2.80. The molecule has 8 nitrogen and oxygen atoms in total. The van der Waals surface area contributed by atoms with E-state index in [0.717, 1.165) is 0 Å². The SMILES string of the molecule is Cc1ncn(Cc2cc(-c3ccc(F)cc3)c(=O)[nH]n2)c(=O)c1Oc1cc(Cl)cc(C#N)c1. The highest BCUT2D eigenvalue weighted by molar-refractivity contribution is 6.30. The molecule has 0 fully saturated rings. The Morgan fingerprint density at radius 2 is 1.94 bits per heavy atom. The number of hydrogen-bond acceptors (Lipinski definition) is 6. The van der Waals surface area contributed by atoms with E-state index in [4.69, 9.17) is 21.6 Å². The zero-order chi connectivity index (χ0) is 23.5. The summed E-state index contributed by atoms with van der Waals surface area (Å²) in [6.07, 6.45) is 1.34. The highest BCUT2D eigenvalue weighted by Gasteiger charge is 2.14. The van der Waals surface area contributed by atoms with Crippen molar-refractivity contribution in [2.24, 2.45) is 0 Å². The van der Waals surface area contributed by atoms with Gasteiger partial charge in [0.2, 0.25) is 5.75 Å². The number of nitrogens with one attached hydrogen (secondary N) is 1. The molecule has 33 heavy (non-hydrogen) atoms. The van der Waals surface area contributed by atoms with Crippen molar-refractivity contribution in [3.05, 3.63) is 103 Å². The normalized spacial score (nSPS) is 10.6. The van der Waals surface area contributed by atoms with E-state index in [2.05, 4.69) is 15.2 Å². The van der Waals surface area contributed by atoms with Gasteiger partial charge < -0.3 is 4.74 Å². The molecular formula is C23H15ClFN5O3. The molecule has 4 rings (SSSR count). The molecule has 2 heterocycles. The first-order valence-corrected chi connectivity index (χ1v) is 10.0. The van der Waals surface area contributed by atoms with Gasteiger partial charge in [-0.1, -0.05) is 23.7 Å². The molecule has 1 N–H and O–H groups in total. The van der Waals surface area contributed by atoms with Gasteiger partial charge in [-0.2, -0.15) is 10.4 Å². The second-order valence-corrected chi connectivity index (χ2v) is 7.53. The van der Waals surface area contributed by atoms with E-state index in [-0.39, 0.29) is 34.2 Å². The number of aromatic amines is 1. The minimum atomic E-state index is -0.489. The standard InChI is InChI=1S/C23H15ClFN5O3/c1-13-21(33-19-7-14(10-26)6-16(24)8-19)23(32)30(12-27-13)11-18-9-20(22(31)29-28-18)15-2-4-17(25)5-3-15/h2-9,12H,11H2,1H3,(H,29,31). The molecule has 2 aromatic carbocycles. The largest absolute Gasteiger partial charge is 0.450 e. The summed E-state index contributed by atoms with van der Waals surface area (Å²) in [6.45, 7) is 1.61. The molecule has 10 heteroatoms. The van der Waals surface area contributed by atoms with Gasteiger partial charge in [0, 0.05) is 5.02 Å². The lowest BCUT2D eigenvalue weighted by molar-refractivity contribution is 0.457. The number of H-pyrrole nitrogens is 1. The van der Waals surface area contributed by atoms with Crippen molar-refractivity contribution in [3.8, 4) is 28.7 Å². The zero-order valence-corrected chi connectivity index (χ0v) is 17.9. The molecule has 164 valence electrons. The Kier molecular flexibility index (Phi) is 6.02. The number of benzene rings is 2. The fourth-order valence-electron chi connectivity index (χ4n) is 3.13. The number of rotatable bonds is 5. The summed E-state index contributed by atoms with van der Waals surface area (Å²) in [7, 11) is 0. The number of hydrogen-bond donors (Lipinski definition) is 1. The van der Waals surface area contributed by atoms with Crippen LogP contribution in [0, 0.1) is 24.1 Å². The number of nitrogens with zero attached hydrogens (tertiary/aromatic N) is 4. The first-order chi connectivity index (χ1) is 15.8. The third-order valence-corrected chi connectivity index (χ3v) is 4.96. The van der Waals surface area contributed by atoms with Gasteiger partial charge in [0.25, 0.3) is 11.1 Å². The molecule has 0 aliphatic heterocycles. The molecule has 0 amide bonds. The van der Waals surface area contributed by atoms with Gasteiger partial charge in [0.15, 0.2) is 0 Å². The number of aryl methyl sites for hydroxylation is 1. The van der Waals surface area contributed by atoms with Gasteiger partial charge in [0.05, 0.1) is 41.5 Å². The molecule has 0 spiro atoms. The minimum Gasteiger partial charge on any atom is -0.450 e. The van der Waals surface area contributed by atoms with Crippen LogP contribution < -0.4 is 15.9 Å². The average molecular weight is 464 g/mol. The maximum absolute atomic E-state index is 13.2. The van der Waals surface area contributed by atoms with Crippen LogP contribution in [0.15, 0.2) is 64.4 Å². The van der Waals surface area contributed by atoms with Gasteiger partial charge in [-0.05, 0) is 48.9 Å². The Labute approximate surface area is 191 Å². The lowest BCUT2D eigenvalue weighted by Gasteiger charge is -2.12. The van der Waals surface area contributed by atoms with E-state index in [1.165, 1.54) is 59.4 Å². The third kappa shape index (κ3) is 4.81. The van der Waals surface area contributed by atoms with Crippen molar-refractivity contribution in [2.45, 2.75) is 13.5 Å². The molecule has 0 saturated carbocycles. The van der Waals surface area contributed by atoms with Crippen molar-refractivity contribution in [1.82, 2.24) is 19.7 Å². The lowest BCUT2D eigenvalue weighted by Crippen LogP contribution is -2.24. The van der Waals surface area contributed by atoms with Crippen LogP contribution >= 0.6 is 11.6 Å². The lowest BCUT2D eigenvalue weighted by atomic mass is 10.1. The van der Waals surface area contributed by atoms with Gasteiger partial charge in [-0.25, -0.2) is 14.5 Å². The van der Waals surface area contributed by atoms with Crippen LogP contribution in [0.4, 0.5) is 4.39 Å². The maximum Gasteiger partial charge on any atom is 0.296 e. The number of aromatic nitrogens is 4. The Balaban J connectivity index is 1.68. The monoisotopic (exact) mass is 463 g/mol. The molecule has 2 aromatic heterocycles. The molecule has 4 aromatic rings. The molecule has 0 unspecified atom stereocenters. The molecular weight excluding hydrogens is 449 g/mol. The number of nitriles is 1.